The van der Waals surface area contributed by atoms with E-state index in [1.807, 2.05) is 20.8 Å². The summed E-state index contributed by atoms with van der Waals surface area (Å²) in [7, 11) is 0. The van der Waals surface area contributed by atoms with Crippen LogP contribution in [-0.2, 0) is 0 Å². The standard InChI is InChI=1S/C12H21N5O/c1-8(2)9-14-10(13)16-11(15-9)17-6-4-12(3,18)5-7-17/h8,18H,4-7H2,1-3H3,(H2,13,14,15,16). The summed E-state index contributed by atoms with van der Waals surface area (Å²) in [6.07, 6.45) is 1.44. The molecule has 100 valence electrons. The molecule has 0 bridgehead atoms. The van der Waals surface area contributed by atoms with Crippen molar-refractivity contribution in [2.24, 2.45) is 0 Å². The second-order valence-corrected chi connectivity index (χ2v) is 5.49. The lowest BCUT2D eigenvalue weighted by Gasteiger charge is -2.35. The van der Waals surface area contributed by atoms with Crippen LogP contribution < -0.4 is 10.6 Å². The summed E-state index contributed by atoms with van der Waals surface area (Å²) in [5.74, 6) is 1.83. The van der Waals surface area contributed by atoms with E-state index >= 15 is 0 Å². The van der Waals surface area contributed by atoms with Crippen LogP contribution in [0.5, 0.6) is 0 Å². The third kappa shape index (κ3) is 2.87. The average molecular weight is 251 g/mol. The SMILES string of the molecule is CC(C)c1nc(N)nc(N2CCC(C)(O)CC2)n1. The molecule has 0 atom stereocenters. The summed E-state index contributed by atoms with van der Waals surface area (Å²) >= 11 is 0. The number of nitrogen functional groups attached to an aromatic ring is 1. The Hall–Kier alpha value is -1.43. The molecule has 0 aromatic carbocycles. The summed E-state index contributed by atoms with van der Waals surface area (Å²) in [5.41, 5.74) is 5.15. The molecule has 6 heteroatoms. The van der Waals surface area contributed by atoms with Crippen molar-refractivity contribution in [3.8, 4) is 0 Å². The van der Waals surface area contributed by atoms with Gasteiger partial charge in [0.15, 0.2) is 0 Å². The lowest BCUT2D eigenvalue weighted by Crippen LogP contribution is -2.43. The highest BCUT2D eigenvalue weighted by Gasteiger charge is 2.28. The molecule has 2 heterocycles. The smallest absolute Gasteiger partial charge is 0.230 e. The highest BCUT2D eigenvalue weighted by Crippen LogP contribution is 2.24. The highest BCUT2D eigenvalue weighted by molar-refractivity contribution is 5.35. The fourth-order valence-electron chi connectivity index (χ4n) is 1.99. The lowest BCUT2D eigenvalue weighted by molar-refractivity contribution is 0.0349. The van der Waals surface area contributed by atoms with Gasteiger partial charge in [-0.2, -0.15) is 15.0 Å². The van der Waals surface area contributed by atoms with Gasteiger partial charge in [-0.05, 0) is 19.8 Å². The molecule has 6 nitrogen and oxygen atoms in total. The molecule has 0 radical (unpaired) electrons. The predicted octanol–water partition coefficient (Wildman–Crippen LogP) is 0.928. The topological polar surface area (TPSA) is 88.2 Å². The van der Waals surface area contributed by atoms with Crippen LogP contribution in [0.15, 0.2) is 0 Å². The Morgan fingerprint density at radius 1 is 1.22 bits per heavy atom. The van der Waals surface area contributed by atoms with E-state index in [-0.39, 0.29) is 11.9 Å². The summed E-state index contributed by atoms with van der Waals surface area (Å²) in [5, 5.41) is 9.93. The predicted molar refractivity (Wildman–Crippen MR) is 70.4 cm³/mol. The van der Waals surface area contributed by atoms with Crippen LogP contribution in [-0.4, -0.2) is 38.7 Å². The number of rotatable bonds is 2. The number of nitrogens with zero attached hydrogens (tertiary/aromatic N) is 4. The highest BCUT2D eigenvalue weighted by atomic mass is 16.3. The monoisotopic (exact) mass is 251 g/mol. The Kier molecular flexibility index (Phi) is 3.38. The third-order valence-corrected chi connectivity index (χ3v) is 3.30. The van der Waals surface area contributed by atoms with E-state index in [1.165, 1.54) is 0 Å². The zero-order chi connectivity index (χ0) is 13.3. The van der Waals surface area contributed by atoms with E-state index in [0.29, 0.717) is 5.95 Å². The van der Waals surface area contributed by atoms with Crippen molar-refractivity contribution in [2.45, 2.75) is 45.1 Å². The van der Waals surface area contributed by atoms with E-state index in [9.17, 15) is 5.11 Å². The average Bonchev–Trinajstić information content (AvgIpc) is 2.28. The minimum Gasteiger partial charge on any atom is -0.390 e. The van der Waals surface area contributed by atoms with Crippen molar-refractivity contribution < 1.29 is 5.11 Å². The molecule has 0 amide bonds. The Labute approximate surface area is 107 Å². The van der Waals surface area contributed by atoms with Gasteiger partial charge in [0.1, 0.15) is 5.82 Å². The first-order valence-electron chi connectivity index (χ1n) is 6.36. The van der Waals surface area contributed by atoms with Gasteiger partial charge in [-0.3, -0.25) is 0 Å². The molecule has 1 saturated heterocycles. The Balaban J connectivity index is 2.19. The van der Waals surface area contributed by atoms with E-state index in [4.69, 9.17) is 5.73 Å². The summed E-state index contributed by atoms with van der Waals surface area (Å²) in [4.78, 5) is 14.8. The van der Waals surface area contributed by atoms with Crippen LogP contribution in [0.3, 0.4) is 0 Å². The molecule has 0 unspecified atom stereocenters. The van der Waals surface area contributed by atoms with Gasteiger partial charge in [0.05, 0.1) is 5.60 Å². The van der Waals surface area contributed by atoms with Gasteiger partial charge in [-0.1, -0.05) is 13.8 Å². The molecular formula is C12H21N5O. The van der Waals surface area contributed by atoms with E-state index in [0.717, 1.165) is 31.8 Å². The second-order valence-electron chi connectivity index (χ2n) is 5.49. The third-order valence-electron chi connectivity index (χ3n) is 3.30. The molecule has 0 saturated carbocycles. The number of nitrogens with two attached hydrogens (primary N) is 1. The maximum absolute atomic E-state index is 9.93. The molecule has 0 spiro atoms. The van der Waals surface area contributed by atoms with Crippen molar-refractivity contribution >= 4 is 11.9 Å². The molecule has 1 aromatic rings. The maximum atomic E-state index is 9.93. The largest absolute Gasteiger partial charge is 0.390 e. The van der Waals surface area contributed by atoms with Gasteiger partial charge in [0.25, 0.3) is 0 Å². The van der Waals surface area contributed by atoms with Crippen molar-refractivity contribution in [3.05, 3.63) is 5.82 Å². The molecule has 3 N–H and O–H groups in total. The quantitative estimate of drug-likeness (QED) is 0.813. The molecule has 1 fully saturated rings. The van der Waals surface area contributed by atoms with Crippen LogP contribution in [0.25, 0.3) is 0 Å². The fourth-order valence-corrected chi connectivity index (χ4v) is 1.99. The van der Waals surface area contributed by atoms with Gasteiger partial charge in [-0.15, -0.1) is 0 Å². The van der Waals surface area contributed by atoms with Crippen molar-refractivity contribution in [2.75, 3.05) is 23.7 Å². The fraction of sp³-hybridized carbons (Fsp3) is 0.750. The lowest BCUT2D eigenvalue weighted by atomic mass is 9.94. The van der Waals surface area contributed by atoms with Crippen molar-refractivity contribution in [1.82, 2.24) is 15.0 Å². The molecule has 18 heavy (non-hydrogen) atoms. The number of aromatic nitrogens is 3. The normalized spacial score (nSPS) is 19.3. The number of hydrogen-bond acceptors (Lipinski definition) is 6. The molecule has 1 aromatic heterocycles. The molecular weight excluding hydrogens is 230 g/mol. The number of aliphatic hydroxyl groups is 1. The number of piperidine rings is 1. The van der Waals surface area contributed by atoms with E-state index < -0.39 is 5.60 Å². The van der Waals surface area contributed by atoms with E-state index in [2.05, 4.69) is 19.9 Å². The summed E-state index contributed by atoms with van der Waals surface area (Å²) in [6, 6.07) is 0. The van der Waals surface area contributed by atoms with Crippen LogP contribution in [0.2, 0.25) is 0 Å². The molecule has 1 aliphatic rings. The molecule has 0 aliphatic carbocycles. The van der Waals surface area contributed by atoms with Crippen LogP contribution in [0.1, 0.15) is 45.4 Å². The van der Waals surface area contributed by atoms with Gasteiger partial charge < -0.3 is 15.7 Å². The zero-order valence-corrected chi connectivity index (χ0v) is 11.2. The number of hydrogen-bond donors (Lipinski definition) is 2. The van der Waals surface area contributed by atoms with Gasteiger partial charge in [-0.25, -0.2) is 0 Å². The molecule has 2 rings (SSSR count). The van der Waals surface area contributed by atoms with Crippen molar-refractivity contribution in [3.63, 3.8) is 0 Å². The number of anilines is 2. The Morgan fingerprint density at radius 2 is 1.83 bits per heavy atom. The minimum atomic E-state index is -0.573. The summed E-state index contributed by atoms with van der Waals surface area (Å²) in [6.45, 7) is 7.41. The van der Waals surface area contributed by atoms with Gasteiger partial charge in [0, 0.05) is 19.0 Å². The molecule has 1 aliphatic heterocycles. The second kappa shape index (κ2) is 4.68. The van der Waals surface area contributed by atoms with Crippen LogP contribution >= 0.6 is 0 Å². The van der Waals surface area contributed by atoms with Gasteiger partial charge >= 0.3 is 0 Å². The maximum Gasteiger partial charge on any atom is 0.230 e. The van der Waals surface area contributed by atoms with Crippen LogP contribution in [0.4, 0.5) is 11.9 Å². The first-order valence-corrected chi connectivity index (χ1v) is 6.36. The first-order chi connectivity index (χ1) is 8.37. The minimum absolute atomic E-state index is 0.224. The summed E-state index contributed by atoms with van der Waals surface area (Å²) < 4.78 is 0. The zero-order valence-electron chi connectivity index (χ0n) is 11.2. The Morgan fingerprint density at radius 3 is 2.39 bits per heavy atom. The van der Waals surface area contributed by atoms with Crippen LogP contribution in [0, 0.1) is 0 Å². The van der Waals surface area contributed by atoms with E-state index in [1.54, 1.807) is 0 Å². The van der Waals surface area contributed by atoms with Gasteiger partial charge in [0.2, 0.25) is 11.9 Å². The Bertz CT molecular complexity index is 422. The van der Waals surface area contributed by atoms with Crippen molar-refractivity contribution in [1.29, 1.82) is 0 Å². The first kappa shape index (κ1) is 13.0.